The summed E-state index contributed by atoms with van der Waals surface area (Å²) in [6.45, 7) is 4.57. The Morgan fingerprint density at radius 2 is 1.82 bits per heavy atom. The molecular weight excluding hydrogens is 348 g/mol. The second-order valence-corrected chi connectivity index (χ2v) is 8.57. The van der Waals surface area contributed by atoms with E-state index < -0.39 is 0 Å². The minimum atomic E-state index is 0.229. The van der Waals surface area contributed by atoms with Gasteiger partial charge in [-0.1, -0.05) is 42.5 Å². The van der Waals surface area contributed by atoms with E-state index in [1.165, 1.54) is 24.9 Å². The third-order valence-corrected chi connectivity index (χ3v) is 6.71. The van der Waals surface area contributed by atoms with Gasteiger partial charge >= 0.3 is 0 Å². The lowest BCUT2D eigenvalue weighted by molar-refractivity contribution is -0.137. The normalized spacial score (nSPS) is 26.6. The van der Waals surface area contributed by atoms with Crippen LogP contribution >= 0.6 is 0 Å². The Labute approximate surface area is 169 Å². The Kier molecular flexibility index (Phi) is 6.81. The molecule has 0 radical (unpaired) electrons. The van der Waals surface area contributed by atoms with Crippen molar-refractivity contribution in [1.29, 1.82) is 0 Å². The Balaban J connectivity index is 1.23. The van der Waals surface area contributed by atoms with Crippen LogP contribution in [0.2, 0.25) is 0 Å². The van der Waals surface area contributed by atoms with Gasteiger partial charge in [-0.25, -0.2) is 0 Å². The third-order valence-electron chi connectivity index (χ3n) is 6.71. The number of rotatable bonds is 6. The first-order valence-electron chi connectivity index (χ1n) is 11.1. The number of ether oxygens (including phenoxy) is 1. The number of amides is 1. The zero-order valence-corrected chi connectivity index (χ0v) is 17.0. The molecule has 152 valence electrons. The Morgan fingerprint density at radius 1 is 1.00 bits per heavy atom. The van der Waals surface area contributed by atoms with E-state index in [4.69, 9.17) is 4.74 Å². The first-order valence-corrected chi connectivity index (χ1v) is 11.1. The number of piperidine rings is 1. The van der Waals surface area contributed by atoms with Crippen LogP contribution in [0.4, 0.5) is 0 Å². The van der Waals surface area contributed by atoms with Crippen LogP contribution in [0, 0.1) is 5.92 Å². The van der Waals surface area contributed by atoms with Crippen LogP contribution in [0.15, 0.2) is 42.5 Å². The molecule has 0 N–H and O–H groups in total. The summed E-state index contributed by atoms with van der Waals surface area (Å²) < 4.78 is 6.05. The van der Waals surface area contributed by atoms with Gasteiger partial charge in [0.15, 0.2) is 0 Å². The van der Waals surface area contributed by atoms with Crippen LogP contribution in [0.3, 0.4) is 0 Å². The summed E-state index contributed by atoms with van der Waals surface area (Å²) in [5.74, 6) is 0.624. The van der Waals surface area contributed by atoms with Crippen LogP contribution in [0.1, 0.15) is 50.5 Å². The van der Waals surface area contributed by atoms with E-state index in [1.807, 2.05) is 6.07 Å². The van der Waals surface area contributed by atoms with Gasteiger partial charge in [-0.2, -0.15) is 0 Å². The second-order valence-electron chi connectivity index (χ2n) is 8.57. The van der Waals surface area contributed by atoms with Gasteiger partial charge in [0.25, 0.3) is 0 Å². The Morgan fingerprint density at radius 3 is 2.57 bits per heavy atom. The standard InChI is InChI=1S/C24H34N2O2/c27-24(21-10-5-2-6-11-21)25-16-13-22(14-17-25)26-15-7-12-23(26)19-28-18-20-8-3-1-4-9-20/h1-5,8-9,21-23H,6-7,10-19H2/t21-,23-/m1/s1. The third kappa shape index (κ3) is 4.84. The van der Waals surface area contributed by atoms with E-state index in [-0.39, 0.29) is 5.92 Å². The van der Waals surface area contributed by atoms with Crippen molar-refractivity contribution in [2.24, 2.45) is 5.92 Å². The Hall–Kier alpha value is -1.65. The summed E-state index contributed by atoms with van der Waals surface area (Å²) in [7, 11) is 0. The number of hydrogen-bond acceptors (Lipinski definition) is 3. The lowest BCUT2D eigenvalue weighted by Gasteiger charge is -2.40. The molecule has 2 fully saturated rings. The maximum atomic E-state index is 12.8. The molecular formula is C24H34N2O2. The zero-order chi connectivity index (χ0) is 19.2. The molecule has 4 heteroatoms. The topological polar surface area (TPSA) is 32.8 Å². The molecule has 28 heavy (non-hydrogen) atoms. The van der Waals surface area contributed by atoms with Crippen molar-refractivity contribution in [2.75, 3.05) is 26.2 Å². The molecule has 2 heterocycles. The molecule has 1 amide bonds. The maximum absolute atomic E-state index is 12.8. The highest BCUT2D eigenvalue weighted by molar-refractivity contribution is 5.79. The maximum Gasteiger partial charge on any atom is 0.226 e. The average molecular weight is 383 g/mol. The molecule has 0 saturated carbocycles. The molecule has 0 unspecified atom stereocenters. The number of nitrogens with zero attached hydrogens (tertiary/aromatic N) is 2. The molecule has 1 aromatic carbocycles. The molecule has 1 aliphatic carbocycles. The zero-order valence-electron chi connectivity index (χ0n) is 17.0. The minimum absolute atomic E-state index is 0.229. The van der Waals surface area contributed by atoms with Crippen molar-refractivity contribution in [3.63, 3.8) is 0 Å². The minimum Gasteiger partial charge on any atom is -0.375 e. The average Bonchev–Trinajstić information content (AvgIpc) is 3.23. The smallest absolute Gasteiger partial charge is 0.226 e. The molecule has 4 nitrogen and oxygen atoms in total. The van der Waals surface area contributed by atoms with Crippen LogP contribution in [0.5, 0.6) is 0 Å². The van der Waals surface area contributed by atoms with Gasteiger partial charge < -0.3 is 9.64 Å². The van der Waals surface area contributed by atoms with Crippen molar-refractivity contribution in [1.82, 2.24) is 9.80 Å². The van der Waals surface area contributed by atoms with Crippen LogP contribution in [0.25, 0.3) is 0 Å². The predicted octanol–water partition coefficient (Wildman–Crippen LogP) is 4.01. The molecule has 2 saturated heterocycles. The van der Waals surface area contributed by atoms with Gasteiger partial charge in [-0.3, -0.25) is 9.69 Å². The fraction of sp³-hybridized carbons (Fsp3) is 0.625. The van der Waals surface area contributed by atoms with E-state index in [1.54, 1.807) is 0 Å². The van der Waals surface area contributed by atoms with Gasteiger partial charge in [0, 0.05) is 31.1 Å². The highest BCUT2D eigenvalue weighted by atomic mass is 16.5. The van der Waals surface area contributed by atoms with E-state index in [2.05, 4.69) is 46.2 Å². The number of allylic oxidation sites excluding steroid dienone is 2. The summed E-state index contributed by atoms with van der Waals surface area (Å²) in [6, 6.07) is 11.6. The largest absolute Gasteiger partial charge is 0.375 e. The number of likely N-dealkylation sites (tertiary alicyclic amines) is 2. The fourth-order valence-corrected chi connectivity index (χ4v) is 5.10. The van der Waals surface area contributed by atoms with E-state index in [9.17, 15) is 4.79 Å². The van der Waals surface area contributed by atoms with E-state index >= 15 is 0 Å². The van der Waals surface area contributed by atoms with Crippen LogP contribution in [-0.2, 0) is 16.1 Å². The first kappa shape index (κ1) is 19.7. The van der Waals surface area contributed by atoms with Crippen molar-refractivity contribution in [3.05, 3.63) is 48.0 Å². The van der Waals surface area contributed by atoms with Gasteiger partial charge in [-0.15, -0.1) is 0 Å². The summed E-state index contributed by atoms with van der Waals surface area (Å²) in [6.07, 6.45) is 12.2. The summed E-state index contributed by atoms with van der Waals surface area (Å²) in [4.78, 5) is 17.6. The number of hydrogen-bond donors (Lipinski definition) is 0. The summed E-state index contributed by atoms with van der Waals surface area (Å²) >= 11 is 0. The van der Waals surface area contributed by atoms with Crippen LogP contribution < -0.4 is 0 Å². The molecule has 4 rings (SSSR count). The number of carbonyl (C=O) groups excluding carboxylic acids is 1. The number of carbonyl (C=O) groups is 1. The molecule has 3 aliphatic rings. The van der Waals surface area contributed by atoms with Crippen LogP contribution in [-0.4, -0.2) is 54.0 Å². The van der Waals surface area contributed by atoms with Gasteiger partial charge in [0.2, 0.25) is 5.91 Å². The quantitative estimate of drug-likeness (QED) is 0.697. The first-order chi connectivity index (χ1) is 13.8. The van der Waals surface area contributed by atoms with E-state index in [0.717, 1.165) is 51.8 Å². The predicted molar refractivity (Wildman–Crippen MR) is 112 cm³/mol. The van der Waals surface area contributed by atoms with Gasteiger partial charge in [0.05, 0.1) is 13.2 Å². The number of benzene rings is 1. The monoisotopic (exact) mass is 382 g/mol. The van der Waals surface area contributed by atoms with Crippen molar-refractivity contribution >= 4 is 5.91 Å². The molecule has 2 aliphatic heterocycles. The second kappa shape index (κ2) is 9.71. The Bertz CT molecular complexity index is 652. The highest BCUT2D eigenvalue weighted by Gasteiger charge is 2.35. The van der Waals surface area contributed by atoms with E-state index in [0.29, 0.717) is 24.6 Å². The lowest BCUT2D eigenvalue weighted by atomic mass is 9.92. The highest BCUT2D eigenvalue weighted by Crippen LogP contribution is 2.28. The molecule has 2 atom stereocenters. The fourth-order valence-electron chi connectivity index (χ4n) is 5.10. The molecule has 0 aromatic heterocycles. The lowest BCUT2D eigenvalue weighted by Crippen LogP contribution is -2.50. The summed E-state index contributed by atoms with van der Waals surface area (Å²) in [5, 5.41) is 0. The van der Waals surface area contributed by atoms with Crippen molar-refractivity contribution in [3.8, 4) is 0 Å². The SMILES string of the molecule is O=C([C@@H]1CC=CCC1)N1CCC(N2CCC[C@@H]2COCc2ccccc2)CC1. The summed E-state index contributed by atoms with van der Waals surface area (Å²) in [5.41, 5.74) is 1.25. The molecule has 0 spiro atoms. The van der Waals surface area contributed by atoms with Crippen molar-refractivity contribution < 1.29 is 9.53 Å². The van der Waals surface area contributed by atoms with Gasteiger partial charge in [0.1, 0.15) is 0 Å². The molecule has 0 bridgehead atoms. The van der Waals surface area contributed by atoms with Crippen molar-refractivity contribution in [2.45, 2.75) is 63.6 Å². The molecule has 1 aromatic rings. The van der Waals surface area contributed by atoms with Gasteiger partial charge in [-0.05, 0) is 57.1 Å².